The molecule has 0 saturated carbocycles. The lowest BCUT2D eigenvalue weighted by atomic mass is 10.1. The number of methoxy groups -OCH3 is 2. The van der Waals surface area contributed by atoms with Gasteiger partial charge in [-0.2, -0.15) is 5.26 Å². The number of ether oxygens (including phenoxy) is 2. The number of carbonyl (C=O) groups excluding carboxylic acids is 1. The average molecular weight is 486 g/mol. The summed E-state index contributed by atoms with van der Waals surface area (Å²) in [6.07, 6.45) is 0. The predicted molar refractivity (Wildman–Crippen MR) is 134 cm³/mol. The van der Waals surface area contributed by atoms with Gasteiger partial charge in [0.1, 0.15) is 11.1 Å². The maximum absolute atomic E-state index is 13.5. The summed E-state index contributed by atoms with van der Waals surface area (Å²) in [6, 6.07) is 23.3. The van der Waals surface area contributed by atoms with Gasteiger partial charge < -0.3 is 9.47 Å². The standard InChI is InChI=1S/C26H19N3O3S2/c1-31-21-12-16-11-17(14-27)26(28-18(16)13-22(21)32-2)33-15-25(30)29-19-7-3-5-9-23(19)34-24-10-6-4-8-20(24)29/h3-13H,15H2,1-2H3. The molecule has 1 aromatic heterocycles. The summed E-state index contributed by atoms with van der Waals surface area (Å²) < 4.78 is 10.7. The van der Waals surface area contributed by atoms with Crippen LogP contribution >= 0.6 is 23.5 Å². The van der Waals surface area contributed by atoms with E-state index in [2.05, 4.69) is 11.1 Å². The minimum absolute atomic E-state index is 0.0803. The highest BCUT2D eigenvalue weighted by atomic mass is 32.2. The van der Waals surface area contributed by atoms with Crippen LogP contribution in [-0.2, 0) is 4.79 Å². The number of nitriles is 1. The van der Waals surface area contributed by atoms with Crippen molar-refractivity contribution in [1.29, 1.82) is 5.26 Å². The Bertz CT molecular complexity index is 1420. The Morgan fingerprint density at radius 3 is 2.24 bits per heavy atom. The molecular formula is C26H19N3O3S2. The largest absolute Gasteiger partial charge is 0.493 e. The highest BCUT2D eigenvalue weighted by molar-refractivity contribution is 8.00. The molecule has 168 valence electrons. The first-order chi connectivity index (χ1) is 16.6. The summed E-state index contributed by atoms with van der Waals surface area (Å²) in [5.41, 5.74) is 2.80. The lowest BCUT2D eigenvalue weighted by Crippen LogP contribution is -2.30. The maximum atomic E-state index is 13.5. The van der Waals surface area contributed by atoms with Gasteiger partial charge in [-0.15, -0.1) is 0 Å². The molecule has 2 heterocycles. The van der Waals surface area contributed by atoms with Gasteiger partial charge in [-0.05, 0) is 36.4 Å². The van der Waals surface area contributed by atoms with E-state index in [0.29, 0.717) is 27.6 Å². The van der Waals surface area contributed by atoms with E-state index in [0.717, 1.165) is 26.6 Å². The molecular weight excluding hydrogens is 466 g/mol. The summed E-state index contributed by atoms with van der Waals surface area (Å²) >= 11 is 2.91. The number of thioether (sulfide) groups is 1. The molecule has 34 heavy (non-hydrogen) atoms. The van der Waals surface area contributed by atoms with Gasteiger partial charge in [-0.25, -0.2) is 4.98 Å². The molecule has 0 atom stereocenters. The Kier molecular flexibility index (Phi) is 6.05. The number of aromatic nitrogens is 1. The number of hydrogen-bond donors (Lipinski definition) is 0. The molecule has 0 N–H and O–H groups in total. The van der Waals surface area contributed by atoms with Crippen LogP contribution in [0.2, 0.25) is 0 Å². The molecule has 0 unspecified atom stereocenters. The van der Waals surface area contributed by atoms with Gasteiger partial charge in [-0.3, -0.25) is 9.69 Å². The van der Waals surface area contributed by atoms with Crippen molar-refractivity contribution in [2.24, 2.45) is 0 Å². The van der Waals surface area contributed by atoms with Gasteiger partial charge in [0, 0.05) is 21.2 Å². The van der Waals surface area contributed by atoms with E-state index < -0.39 is 0 Å². The van der Waals surface area contributed by atoms with E-state index in [1.54, 1.807) is 49.1 Å². The first-order valence-corrected chi connectivity index (χ1v) is 12.2. The molecule has 1 aliphatic heterocycles. The second kappa shape index (κ2) is 9.29. The molecule has 1 amide bonds. The fraction of sp³-hybridized carbons (Fsp3) is 0.115. The fourth-order valence-corrected chi connectivity index (χ4v) is 5.71. The summed E-state index contributed by atoms with van der Waals surface area (Å²) in [7, 11) is 3.13. The molecule has 0 fully saturated rings. The Morgan fingerprint density at radius 2 is 1.62 bits per heavy atom. The molecule has 1 aliphatic rings. The van der Waals surface area contributed by atoms with Gasteiger partial charge >= 0.3 is 0 Å². The van der Waals surface area contributed by atoms with Gasteiger partial charge in [-0.1, -0.05) is 47.8 Å². The van der Waals surface area contributed by atoms with Gasteiger partial charge in [0.25, 0.3) is 0 Å². The molecule has 3 aromatic carbocycles. The van der Waals surface area contributed by atoms with Crippen molar-refractivity contribution in [2.45, 2.75) is 14.8 Å². The summed E-state index contributed by atoms with van der Waals surface area (Å²) in [5, 5.41) is 11.0. The Balaban J connectivity index is 1.47. The molecule has 4 aromatic rings. The number of anilines is 2. The van der Waals surface area contributed by atoms with Crippen molar-refractivity contribution in [2.75, 3.05) is 24.9 Å². The smallest absolute Gasteiger partial charge is 0.242 e. The second-order valence-corrected chi connectivity index (χ2v) is 9.46. The number of hydrogen-bond acceptors (Lipinski definition) is 7. The van der Waals surface area contributed by atoms with Crippen LogP contribution in [0.1, 0.15) is 5.56 Å². The SMILES string of the molecule is COc1cc2cc(C#N)c(SCC(=O)N3c4ccccc4Sc4ccccc43)nc2cc1OC. The molecule has 0 aliphatic carbocycles. The summed E-state index contributed by atoms with van der Waals surface area (Å²) in [4.78, 5) is 22.0. The van der Waals surface area contributed by atoms with Crippen LogP contribution in [0.4, 0.5) is 11.4 Å². The summed E-state index contributed by atoms with van der Waals surface area (Å²) in [5.74, 6) is 1.17. The zero-order valence-electron chi connectivity index (χ0n) is 18.4. The number of nitrogens with zero attached hydrogens (tertiary/aromatic N) is 3. The fourth-order valence-electron chi connectivity index (χ4n) is 3.84. The van der Waals surface area contributed by atoms with E-state index in [9.17, 15) is 10.1 Å². The molecule has 0 spiro atoms. The van der Waals surface area contributed by atoms with Crippen molar-refractivity contribution in [3.63, 3.8) is 0 Å². The number of amides is 1. The molecule has 8 heteroatoms. The summed E-state index contributed by atoms with van der Waals surface area (Å²) in [6.45, 7) is 0. The van der Waals surface area contributed by atoms with Crippen molar-refractivity contribution in [1.82, 2.24) is 4.98 Å². The van der Waals surface area contributed by atoms with Crippen LogP contribution in [0.3, 0.4) is 0 Å². The first kappa shape index (κ1) is 22.1. The van der Waals surface area contributed by atoms with Gasteiger partial charge in [0.2, 0.25) is 5.91 Å². The van der Waals surface area contributed by atoms with Crippen LogP contribution in [0.15, 0.2) is 81.5 Å². The predicted octanol–water partition coefficient (Wildman–Crippen LogP) is 6.05. The third-order valence-corrected chi connectivity index (χ3v) is 7.53. The number of benzene rings is 3. The van der Waals surface area contributed by atoms with E-state index >= 15 is 0 Å². The molecule has 0 radical (unpaired) electrons. The number of fused-ring (bicyclic) bond motifs is 3. The highest BCUT2D eigenvalue weighted by Gasteiger charge is 2.28. The van der Waals surface area contributed by atoms with Crippen molar-refractivity contribution >= 4 is 51.7 Å². The third kappa shape index (κ3) is 3.94. The zero-order chi connectivity index (χ0) is 23.7. The zero-order valence-corrected chi connectivity index (χ0v) is 20.1. The number of pyridine rings is 1. The quantitative estimate of drug-likeness (QED) is 0.319. The van der Waals surface area contributed by atoms with Crippen LogP contribution in [0.5, 0.6) is 11.5 Å². The maximum Gasteiger partial charge on any atom is 0.242 e. The van der Waals surface area contributed by atoms with E-state index in [-0.39, 0.29) is 11.7 Å². The van der Waals surface area contributed by atoms with Crippen LogP contribution in [0.25, 0.3) is 10.9 Å². The van der Waals surface area contributed by atoms with E-state index in [4.69, 9.17) is 9.47 Å². The van der Waals surface area contributed by atoms with Crippen molar-refractivity contribution in [3.8, 4) is 17.6 Å². The van der Waals surface area contributed by atoms with Crippen LogP contribution < -0.4 is 14.4 Å². The minimum atomic E-state index is -0.0803. The van der Waals surface area contributed by atoms with Crippen LogP contribution in [-0.4, -0.2) is 30.9 Å². The minimum Gasteiger partial charge on any atom is -0.493 e. The highest BCUT2D eigenvalue weighted by Crippen LogP contribution is 2.48. The Morgan fingerprint density at radius 1 is 1.00 bits per heavy atom. The topological polar surface area (TPSA) is 75.5 Å². The molecule has 6 nitrogen and oxygen atoms in total. The monoisotopic (exact) mass is 485 g/mol. The number of rotatable bonds is 5. The average Bonchev–Trinajstić information content (AvgIpc) is 2.88. The van der Waals surface area contributed by atoms with E-state index in [1.807, 2.05) is 48.5 Å². The molecule has 0 saturated heterocycles. The van der Waals surface area contributed by atoms with Crippen LogP contribution in [0, 0.1) is 11.3 Å². The molecule has 0 bridgehead atoms. The lowest BCUT2D eigenvalue weighted by Gasteiger charge is -2.31. The molecule has 5 rings (SSSR count). The van der Waals surface area contributed by atoms with Crippen molar-refractivity contribution < 1.29 is 14.3 Å². The van der Waals surface area contributed by atoms with Crippen molar-refractivity contribution in [3.05, 3.63) is 72.3 Å². The number of para-hydroxylation sites is 2. The number of carbonyl (C=O) groups is 1. The van der Waals surface area contributed by atoms with Gasteiger partial charge in [0.05, 0.1) is 42.4 Å². The van der Waals surface area contributed by atoms with Gasteiger partial charge in [0.15, 0.2) is 11.5 Å². The lowest BCUT2D eigenvalue weighted by molar-refractivity contribution is -0.115. The van der Waals surface area contributed by atoms with E-state index in [1.165, 1.54) is 11.8 Å². The first-order valence-electron chi connectivity index (χ1n) is 10.4. The normalized spacial score (nSPS) is 12.0. The Labute approximate surface area is 205 Å². The third-order valence-electron chi connectivity index (χ3n) is 5.42. The second-order valence-electron chi connectivity index (χ2n) is 7.41. The Hall–Kier alpha value is -3.67.